The molecule has 0 unspecified atom stereocenters. The first-order chi connectivity index (χ1) is 17.0. The third-order valence-corrected chi connectivity index (χ3v) is 13.3. The van der Waals surface area contributed by atoms with E-state index in [0.29, 0.717) is 10.3 Å². The van der Waals surface area contributed by atoms with E-state index < -0.39 is 16.7 Å². The Balaban J connectivity index is 2.09. The summed E-state index contributed by atoms with van der Waals surface area (Å²) in [6.07, 6.45) is 3.15. The molecule has 0 fully saturated rings. The average Bonchev–Trinajstić information content (AvgIpc) is 3.43. The maximum absolute atomic E-state index is 14.7. The fourth-order valence-electron chi connectivity index (χ4n) is 4.46. The number of sulfone groups is 1. The molecule has 35 heavy (non-hydrogen) atoms. The van der Waals surface area contributed by atoms with Crippen molar-refractivity contribution in [3.8, 4) is 0 Å². The molecule has 5 aromatic rings. The van der Waals surface area contributed by atoms with E-state index in [1.165, 1.54) is 6.33 Å². The number of hydrogen-bond donors (Lipinski definition) is 1. The van der Waals surface area contributed by atoms with Gasteiger partial charge < -0.3 is 4.98 Å². The van der Waals surface area contributed by atoms with Crippen molar-refractivity contribution in [3.05, 3.63) is 139 Å². The highest BCUT2D eigenvalue weighted by Gasteiger charge is 2.38. The molecular weight excluding hydrogens is 471 g/mol. The Morgan fingerprint density at radius 1 is 0.686 bits per heavy atom. The summed E-state index contributed by atoms with van der Waals surface area (Å²) >= 11 is 0. The fourth-order valence-corrected chi connectivity index (χ4v) is 12.2. The van der Waals surface area contributed by atoms with Gasteiger partial charge in [0, 0.05) is 0 Å². The highest BCUT2D eigenvalue weighted by Crippen LogP contribution is 2.49. The predicted molar refractivity (Wildman–Crippen MR) is 146 cm³/mol. The van der Waals surface area contributed by atoms with Crippen molar-refractivity contribution in [2.45, 2.75) is 11.8 Å². The standard InChI is InChI=1S/C29H25N2O2PS/c1-23-17-19-27(20-18-23)35(32,33)29(28-21-30-22-31-28)34(24-11-5-2-6-12-24,25-13-7-3-8-14-25)26-15-9-4-10-16-26/h2-22H,1H3,(H,30,31). The summed E-state index contributed by atoms with van der Waals surface area (Å²) in [5, 5.41) is 2.87. The number of nitrogens with one attached hydrogen (secondary N) is 1. The van der Waals surface area contributed by atoms with Crippen LogP contribution >= 0.6 is 6.89 Å². The van der Waals surface area contributed by atoms with E-state index in [2.05, 4.69) is 9.97 Å². The first-order valence-corrected chi connectivity index (χ1v) is 14.6. The van der Waals surface area contributed by atoms with Crippen LogP contribution in [0.5, 0.6) is 0 Å². The average molecular weight is 497 g/mol. The van der Waals surface area contributed by atoms with Gasteiger partial charge in [-0.3, -0.25) is 0 Å². The summed E-state index contributed by atoms with van der Waals surface area (Å²) < 4.78 is 29.6. The number of H-pyrrole nitrogens is 1. The molecule has 0 radical (unpaired) electrons. The van der Waals surface area contributed by atoms with Gasteiger partial charge >= 0.3 is 0 Å². The van der Waals surface area contributed by atoms with Crippen LogP contribution in [0.1, 0.15) is 11.3 Å². The molecule has 1 heterocycles. The first-order valence-electron chi connectivity index (χ1n) is 11.3. The van der Waals surface area contributed by atoms with Gasteiger partial charge in [-0.15, -0.1) is 0 Å². The second-order valence-corrected chi connectivity index (χ2v) is 13.8. The zero-order valence-electron chi connectivity index (χ0n) is 19.2. The van der Waals surface area contributed by atoms with Gasteiger partial charge in [-0.05, 0) is 41.9 Å². The highest BCUT2D eigenvalue weighted by atomic mass is 32.2. The molecular formula is C29H25N2O2PS. The molecule has 174 valence electrons. The van der Waals surface area contributed by atoms with Crippen LogP contribution in [0.25, 0.3) is 0 Å². The Morgan fingerprint density at radius 3 is 1.54 bits per heavy atom. The molecule has 0 aliphatic heterocycles. The molecule has 5 rings (SSSR count). The van der Waals surface area contributed by atoms with E-state index in [-0.39, 0.29) is 4.90 Å². The number of imidazole rings is 1. The largest absolute Gasteiger partial charge is 0.344 e. The number of rotatable bonds is 6. The number of hydrogen-bond acceptors (Lipinski definition) is 3. The molecule has 0 saturated carbocycles. The predicted octanol–water partition coefficient (Wildman–Crippen LogP) is 4.66. The second kappa shape index (κ2) is 9.53. The van der Waals surface area contributed by atoms with E-state index in [0.717, 1.165) is 21.5 Å². The van der Waals surface area contributed by atoms with Crippen LogP contribution in [0.15, 0.2) is 133 Å². The lowest BCUT2D eigenvalue weighted by molar-refractivity contribution is 0.607. The summed E-state index contributed by atoms with van der Waals surface area (Å²) in [6, 6.07) is 37.0. The molecule has 0 spiro atoms. The zero-order valence-corrected chi connectivity index (χ0v) is 21.0. The summed E-state index contributed by atoms with van der Waals surface area (Å²) in [4.78, 5) is 7.64. The van der Waals surface area contributed by atoms with Crippen LogP contribution in [0.2, 0.25) is 0 Å². The molecule has 0 aliphatic rings. The van der Waals surface area contributed by atoms with Crippen molar-refractivity contribution in [2.75, 3.05) is 0 Å². The third kappa shape index (κ3) is 4.07. The smallest absolute Gasteiger partial charge is 0.209 e. The Kier molecular flexibility index (Phi) is 6.29. The minimum absolute atomic E-state index is 0.264. The van der Waals surface area contributed by atoms with Gasteiger partial charge in [0.2, 0.25) is 9.84 Å². The van der Waals surface area contributed by atoms with Crippen molar-refractivity contribution >= 4 is 37.3 Å². The Bertz CT molecular complexity index is 1480. The van der Waals surface area contributed by atoms with Gasteiger partial charge in [-0.2, -0.15) is 0 Å². The van der Waals surface area contributed by atoms with Crippen LogP contribution in [-0.4, -0.2) is 23.0 Å². The molecule has 0 atom stereocenters. The number of aryl methyl sites for hydroxylation is 1. The van der Waals surface area contributed by atoms with Crippen molar-refractivity contribution in [1.82, 2.24) is 9.97 Å². The molecule has 4 aromatic carbocycles. The quantitative estimate of drug-likeness (QED) is 0.348. The molecule has 6 heteroatoms. The summed E-state index contributed by atoms with van der Waals surface area (Å²) in [6.45, 7) is -0.944. The molecule has 1 aromatic heterocycles. The summed E-state index contributed by atoms with van der Waals surface area (Å²) in [5.74, 6) is 0. The molecule has 0 saturated heterocycles. The SMILES string of the molecule is Cc1ccc(S(=O)(=O)C(c2cnc[nH]2)=P(c2ccccc2)(c2ccccc2)c2ccccc2)cc1. The van der Waals surface area contributed by atoms with Gasteiger partial charge in [0.1, 0.15) is 4.63 Å². The Labute approximate surface area is 206 Å². The minimum atomic E-state index is -3.95. The maximum atomic E-state index is 14.7. The monoisotopic (exact) mass is 496 g/mol. The zero-order chi connectivity index (χ0) is 24.3. The highest BCUT2D eigenvalue weighted by molar-refractivity contribution is 8.20. The van der Waals surface area contributed by atoms with Crippen molar-refractivity contribution in [1.29, 1.82) is 0 Å². The molecule has 1 N–H and O–H groups in total. The van der Waals surface area contributed by atoms with Gasteiger partial charge in [0.15, 0.2) is 0 Å². The molecule has 0 aliphatic carbocycles. The van der Waals surface area contributed by atoms with E-state index in [4.69, 9.17) is 0 Å². The first kappa shape index (κ1) is 23.1. The summed E-state index contributed by atoms with van der Waals surface area (Å²) in [7, 11) is -3.95. The van der Waals surface area contributed by atoms with Crippen molar-refractivity contribution in [2.24, 2.45) is 0 Å². The van der Waals surface area contributed by atoms with Crippen LogP contribution in [-0.2, 0) is 9.84 Å². The topological polar surface area (TPSA) is 62.8 Å². The van der Waals surface area contributed by atoms with Crippen LogP contribution in [0.4, 0.5) is 0 Å². The fraction of sp³-hybridized carbons (Fsp3) is 0.0345. The number of aromatic nitrogens is 2. The lowest BCUT2D eigenvalue weighted by atomic mass is 10.2. The van der Waals surface area contributed by atoms with Crippen LogP contribution in [0.3, 0.4) is 0 Å². The van der Waals surface area contributed by atoms with E-state index in [1.807, 2.05) is 110 Å². The number of aromatic amines is 1. The van der Waals surface area contributed by atoms with Gasteiger partial charge in [-0.1, -0.05) is 109 Å². The molecule has 0 amide bonds. The Morgan fingerprint density at radius 2 is 1.14 bits per heavy atom. The molecule has 0 bridgehead atoms. The van der Waals surface area contributed by atoms with Gasteiger partial charge in [-0.25, -0.2) is 13.4 Å². The van der Waals surface area contributed by atoms with Gasteiger partial charge in [0.05, 0.1) is 23.1 Å². The van der Waals surface area contributed by atoms with Crippen molar-refractivity contribution < 1.29 is 8.42 Å². The van der Waals surface area contributed by atoms with Crippen molar-refractivity contribution in [3.63, 3.8) is 0 Å². The summed E-state index contributed by atoms with van der Waals surface area (Å²) in [5.41, 5.74) is 1.50. The van der Waals surface area contributed by atoms with Crippen LogP contribution in [0, 0.1) is 6.92 Å². The normalized spacial score (nSPS) is 11.8. The third-order valence-electron chi connectivity index (χ3n) is 6.05. The molecule has 4 nitrogen and oxygen atoms in total. The lowest BCUT2D eigenvalue weighted by Crippen LogP contribution is -2.34. The minimum Gasteiger partial charge on any atom is -0.344 e. The van der Waals surface area contributed by atoms with Gasteiger partial charge in [0.25, 0.3) is 0 Å². The second-order valence-electron chi connectivity index (χ2n) is 8.26. The Hall–Kier alpha value is -3.66. The number of benzene rings is 4. The lowest BCUT2D eigenvalue weighted by Gasteiger charge is -2.32. The number of nitrogens with zero attached hydrogens (tertiary/aromatic N) is 1. The van der Waals surface area contributed by atoms with E-state index >= 15 is 0 Å². The van der Waals surface area contributed by atoms with Crippen LogP contribution < -0.4 is 15.9 Å². The maximum Gasteiger partial charge on any atom is 0.209 e. The van der Waals surface area contributed by atoms with E-state index in [9.17, 15) is 8.42 Å². The van der Waals surface area contributed by atoms with E-state index in [1.54, 1.807) is 18.3 Å².